The van der Waals surface area contributed by atoms with Crippen molar-refractivity contribution in [3.05, 3.63) is 0 Å². The number of carbonyl (C=O) groups is 1. The molecule has 0 aliphatic heterocycles. The standard InChI is InChI=1S/C11H21NO2/c1-9(4-5-10(13)14)12-8-11(2)6-3-7-11/h9,12H,3-8H2,1-2H3,(H,13,14). The van der Waals surface area contributed by atoms with Crippen LogP contribution in [0.4, 0.5) is 0 Å². The van der Waals surface area contributed by atoms with Crippen LogP contribution >= 0.6 is 0 Å². The van der Waals surface area contributed by atoms with Gasteiger partial charge in [-0.15, -0.1) is 0 Å². The second kappa shape index (κ2) is 4.78. The van der Waals surface area contributed by atoms with Gasteiger partial charge in [-0.25, -0.2) is 0 Å². The Kier molecular flexibility index (Phi) is 3.93. The van der Waals surface area contributed by atoms with E-state index in [4.69, 9.17) is 5.11 Å². The fourth-order valence-electron chi connectivity index (χ4n) is 1.82. The third-order valence-electron chi connectivity index (χ3n) is 3.23. The summed E-state index contributed by atoms with van der Waals surface area (Å²) in [4.78, 5) is 10.3. The number of rotatable bonds is 6. The Morgan fingerprint density at radius 3 is 2.64 bits per heavy atom. The van der Waals surface area contributed by atoms with Gasteiger partial charge in [-0.2, -0.15) is 0 Å². The highest BCUT2D eigenvalue weighted by Gasteiger charge is 2.31. The minimum absolute atomic E-state index is 0.269. The number of hydrogen-bond acceptors (Lipinski definition) is 2. The van der Waals surface area contributed by atoms with Crippen LogP contribution in [0.5, 0.6) is 0 Å². The van der Waals surface area contributed by atoms with E-state index in [2.05, 4.69) is 19.2 Å². The molecule has 2 N–H and O–H groups in total. The van der Waals surface area contributed by atoms with E-state index in [0.29, 0.717) is 11.5 Å². The van der Waals surface area contributed by atoms with Gasteiger partial charge in [0.05, 0.1) is 0 Å². The van der Waals surface area contributed by atoms with Gasteiger partial charge >= 0.3 is 5.97 Å². The lowest BCUT2D eigenvalue weighted by atomic mass is 9.70. The van der Waals surface area contributed by atoms with E-state index < -0.39 is 5.97 Å². The van der Waals surface area contributed by atoms with Gasteiger partial charge in [-0.1, -0.05) is 13.3 Å². The summed E-state index contributed by atoms with van der Waals surface area (Å²) < 4.78 is 0. The molecule has 1 rings (SSSR count). The fourth-order valence-corrected chi connectivity index (χ4v) is 1.82. The van der Waals surface area contributed by atoms with Crippen molar-refractivity contribution in [2.45, 2.75) is 52.0 Å². The van der Waals surface area contributed by atoms with E-state index in [-0.39, 0.29) is 6.42 Å². The predicted octanol–water partition coefficient (Wildman–Crippen LogP) is 2.02. The zero-order chi connectivity index (χ0) is 10.6. The van der Waals surface area contributed by atoms with E-state index in [0.717, 1.165) is 13.0 Å². The number of carboxylic acid groups (broad SMARTS) is 1. The molecule has 0 aromatic heterocycles. The lowest BCUT2D eigenvalue weighted by Gasteiger charge is -2.39. The maximum Gasteiger partial charge on any atom is 0.303 e. The number of carboxylic acids is 1. The predicted molar refractivity (Wildman–Crippen MR) is 56.3 cm³/mol. The molecule has 1 atom stereocenters. The van der Waals surface area contributed by atoms with Gasteiger partial charge in [0.15, 0.2) is 0 Å². The monoisotopic (exact) mass is 199 g/mol. The maximum atomic E-state index is 10.3. The van der Waals surface area contributed by atoms with E-state index in [1.54, 1.807) is 0 Å². The summed E-state index contributed by atoms with van der Waals surface area (Å²) >= 11 is 0. The van der Waals surface area contributed by atoms with E-state index in [1.807, 2.05) is 0 Å². The summed E-state index contributed by atoms with van der Waals surface area (Å²) in [5, 5.41) is 11.9. The van der Waals surface area contributed by atoms with E-state index >= 15 is 0 Å². The normalized spacial score (nSPS) is 21.3. The molecule has 82 valence electrons. The zero-order valence-corrected chi connectivity index (χ0v) is 9.18. The minimum atomic E-state index is -0.700. The second-order valence-electron chi connectivity index (χ2n) is 4.88. The van der Waals surface area contributed by atoms with Crippen molar-refractivity contribution in [3.63, 3.8) is 0 Å². The highest BCUT2D eigenvalue weighted by atomic mass is 16.4. The van der Waals surface area contributed by atoms with Crippen molar-refractivity contribution >= 4 is 5.97 Å². The van der Waals surface area contributed by atoms with Gasteiger partial charge in [-0.05, 0) is 31.6 Å². The highest BCUT2D eigenvalue weighted by molar-refractivity contribution is 5.66. The van der Waals surface area contributed by atoms with Crippen LogP contribution in [0.3, 0.4) is 0 Å². The molecule has 0 radical (unpaired) electrons. The molecular formula is C11H21NO2. The van der Waals surface area contributed by atoms with Crippen LogP contribution in [-0.4, -0.2) is 23.7 Å². The topological polar surface area (TPSA) is 49.3 Å². The molecule has 1 aliphatic rings. The van der Waals surface area contributed by atoms with E-state index in [1.165, 1.54) is 19.3 Å². The van der Waals surface area contributed by atoms with Crippen molar-refractivity contribution in [1.82, 2.24) is 5.32 Å². The summed E-state index contributed by atoms with van der Waals surface area (Å²) in [7, 11) is 0. The van der Waals surface area contributed by atoms with Crippen LogP contribution in [0, 0.1) is 5.41 Å². The molecule has 3 heteroatoms. The SMILES string of the molecule is CC(CCC(=O)O)NCC1(C)CCC1. The molecule has 0 spiro atoms. The first kappa shape index (κ1) is 11.5. The zero-order valence-electron chi connectivity index (χ0n) is 9.18. The molecule has 0 bridgehead atoms. The first-order chi connectivity index (χ1) is 6.52. The van der Waals surface area contributed by atoms with Crippen LogP contribution in [0.2, 0.25) is 0 Å². The van der Waals surface area contributed by atoms with Crippen molar-refractivity contribution < 1.29 is 9.90 Å². The van der Waals surface area contributed by atoms with Gasteiger partial charge in [0.1, 0.15) is 0 Å². The largest absolute Gasteiger partial charge is 0.481 e. The van der Waals surface area contributed by atoms with Crippen LogP contribution in [-0.2, 0) is 4.79 Å². The fraction of sp³-hybridized carbons (Fsp3) is 0.909. The quantitative estimate of drug-likeness (QED) is 0.688. The first-order valence-electron chi connectivity index (χ1n) is 5.47. The van der Waals surface area contributed by atoms with Crippen molar-refractivity contribution in [2.75, 3.05) is 6.54 Å². The Hall–Kier alpha value is -0.570. The summed E-state index contributed by atoms with van der Waals surface area (Å²) in [5.74, 6) is -0.700. The Bertz CT molecular complexity index is 199. The van der Waals surface area contributed by atoms with E-state index in [9.17, 15) is 4.79 Å². The Labute approximate surface area is 85.9 Å². The van der Waals surface area contributed by atoms with Crippen LogP contribution < -0.4 is 5.32 Å². The van der Waals surface area contributed by atoms with Gasteiger partial charge in [0.25, 0.3) is 0 Å². The number of hydrogen-bond donors (Lipinski definition) is 2. The minimum Gasteiger partial charge on any atom is -0.481 e. The first-order valence-corrected chi connectivity index (χ1v) is 5.47. The highest BCUT2D eigenvalue weighted by Crippen LogP contribution is 2.39. The van der Waals surface area contributed by atoms with Crippen LogP contribution in [0.25, 0.3) is 0 Å². The molecule has 1 fully saturated rings. The maximum absolute atomic E-state index is 10.3. The molecule has 1 saturated carbocycles. The van der Waals surface area contributed by atoms with Crippen molar-refractivity contribution in [1.29, 1.82) is 0 Å². The Morgan fingerprint density at radius 1 is 1.57 bits per heavy atom. The van der Waals surface area contributed by atoms with Crippen molar-refractivity contribution in [2.24, 2.45) is 5.41 Å². The van der Waals surface area contributed by atoms with Gasteiger partial charge in [0, 0.05) is 19.0 Å². The van der Waals surface area contributed by atoms with Crippen molar-refractivity contribution in [3.8, 4) is 0 Å². The summed E-state index contributed by atoms with van der Waals surface area (Å²) in [6.45, 7) is 5.40. The number of nitrogens with one attached hydrogen (secondary N) is 1. The summed E-state index contributed by atoms with van der Waals surface area (Å²) in [6, 6.07) is 0.323. The van der Waals surface area contributed by atoms with Crippen LogP contribution in [0.15, 0.2) is 0 Å². The Morgan fingerprint density at radius 2 is 2.21 bits per heavy atom. The molecular weight excluding hydrogens is 178 g/mol. The van der Waals surface area contributed by atoms with Gasteiger partial charge < -0.3 is 10.4 Å². The molecule has 0 amide bonds. The average Bonchev–Trinajstić information content (AvgIpc) is 2.08. The van der Waals surface area contributed by atoms with Gasteiger partial charge in [-0.3, -0.25) is 4.79 Å². The summed E-state index contributed by atoms with van der Waals surface area (Å²) in [5.41, 5.74) is 0.484. The van der Waals surface area contributed by atoms with Gasteiger partial charge in [0.2, 0.25) is 0 Å². The third kappa shape index (κ3) is 3.66. The molecule has 3 nitrogen and oxygen atoms in total. The molecule has 0 heterocycles. The lowest BCUT2D eigenvalue weighted by molar-refractivity contribution is -0.137. The summed E-state index contributed by atoms with van der Waals surface area (Å²) in [6.07, 6.45) is 4.97. The Balaban J connectivity index is 2.08. The second-order valence-corrected chi connectivity index (χ2v) is 4.88. The number of aliphatic carboxylic acids is 1. The molecule has 1 unspecified atom stereocenters. The molecule has 0 saturated heterocycles. The molecule has 0 aromatic carbocycles. The third-order valence-corrected chi connectivity index (χ3v) is 3.23. The average molecular weight is 199 g/mol. The molecule has 0 aromatic rings. The lowest BCUT2D eigenvalue weighted by Crippen LogP contribution is -2.41. The van der Waals surface area contributed by atoms with Crippen LogP contribution in [0.1, 0.15) is 46.0 Å². The smallest absolute Gasteiger partial charge is 0.303 e. The molecule has 14 heavy (non-hydrogen) atoms. The molecule has 1 aliphatic carbocycles.